The van der Waals surface area contributed by atoms with Crippen molar-refractivity contribution in [1.82, 2.24) is 10.6 Å². The monoisotopic (exact) mass is 352 g/mol. The van der Waals surface area contributed by atoms with Gasteiger partial charge in [0.15, 0.2) is 0 Å². The zero-order valence-electron chi connectivity index (χ0n) is 14.7. The third-order valence-corrected chi connectivity index (χ3v) is 3.72. The molecule has 1 unspecified atom stereocenters. The molecule has 0 aliphatic heterocycles. The Hall–Kier alpha value is -2.44. The molecule has 0 heterocycles. The number of amides is 2. The number of benzene rings is 1. The minimum Gasteiger partial charge on any atom is -0.480 e. The molecule has 0 aliphatic rings. The van der Waals surface area contributed by atoms with Crippen LogP contribution in [0.5, 0.6) is 0 Å². The second-order valence-corrected chi connectivity index (χ2v) is 6.52. The molecule has 2 amide bonds. The maximum absolute atomic E-state index is 12.9. The van der Waals surface area contributed by atoms with Crippen LogP contribution in [0.2, 0.25) is 0 Å². The standard InChI is InChI=1S/C18H25FN2O4/c1-11(2)8-15(18(24)25)21-17(23)10-20-16(22)9-12(3)13-4-6-14(19)7-5-13/h4-7,11-12,15H,8-10H2,1-3H3,(H,20,22)(H,21,23)(H,24,25)/t12?,15-/m0/s1. The van der Waals surface area contributed by atoms with Crippen LogP contribution in [-0.2, 0) is 14.4 Å². The molecule has 2 atom stereocenters. The van der Waals surface area contributed by atoms with Gasteiger partial charge in [0.05, 0.1) is 6.54 Å². The quantitative estimate of drug-likeness (QED) is 0.634. The zero-order chi connectivity index (χ0) is 19.0. The fourth-order valence-corrected chi connectivity index (χ4v) is 2.38. The van der Waals surface area contributed by atoms with Crippen molar-refractivity contribution in [1.29, 1.82) is 0 Å². The summed E-state index contributed by atoms with van der Waals surface area (Å²) in [6, 6.07) is 4.92. The van der Waals surface area contributed by atoms with Gasteiger partial charge < -0.3 is 15.7 Å². The molecule has 6 nitrogen and oxygen atoms in total. The van der Waals surface area contributed by atoms with Gasteiger partial charge in [0.25, 0.3) is 0 Å². The van der Waals surface area contributed by atoms with E-state index in [4.69, 9.17) is 5.11 Å². The molecule has 3 N–H and O–H groups in total. The molecule has 0 aromatic heterocycles. The largest absolute Gasteiger partial charge is 0.480 e. The fourth-order valence-electron chi connectivity index (χ4n) is 2.38. The first kappa shape index (κ1) is 20.6. The normalized spacial score (nSPS) is 13.2. The van der Waals surface area contributed by atoms with Crippen molar-refractivity contribution in [3.05, 3.63) is 35.6 Å². The number of carbonyl (C=O) groups excluding carboxylic acids is 2. The Morgan fingerprint density at radius 2 is 1.68 bits per heavy atom. The number of hydrogen-bond donors (Lipinski definition) is 3. The van der Waals surface area contributed by atoms with E-state index in [-0.39, 0.29) is 36.5 Å². The zero-order valence-corrected chi connectivity index (χ0v) is 14.7. The summed E-state index contributed by atoms with van der Waals surface area (Å²) >= 11 is 0. The highest BCUT2D eigenvalue weighted by Crippen LogP contribution is 2.18. The molecule has 1 aromatic rings. The number of rotatable bonds is 9. The number of halogens is 1. The van der Waals surface area contributed by atoms with Crippen molar-refractivity contribution in [2.45, 2.75) is 45.6 Å². The van der Waals surface area contributed by atoms with Gasteiger partial charge in [-0.15, -0.1) is 0 Å². The highest BCUT2D eigenvalue weighted by molar-refractivity contribution is 5.88. The molecule has 0 fully saturated rings. The molecule has 1 rings (SSSR count). The Bertz CT molecular complexity index is 602. The summed E-state index contributed by atoms with van der Waals surface area (Å²) < 4.78 is 12.9. The lowest BCUT2D eigenvalue weighted by atomic mass is 9.97. The molecule has 0 aliphatic carbocycles. The van der Waals surface area contributed by atoms with Gasteiger partial charge in [0.2, 0.25) is 11.8 Å². The number of carboxylic acids is 1. The maximum atomic E-state index is 12.9. The van der Waals surface area contributed by atoms with Crippen LogP contribution in [0, 0.1) is 11.7 Å². The van der Waals surface area contributed by atoms with Gasteiger partial charge in [0, 0.05) is 6.42 Å². The molecule has 7 heteroatoms. The average molecular weight is 352 g/mol. The predicted octanol–water partition coefficient (Wildman–Crippen LogP) is 2.05. The van der Waals surface area contributed by atoms with Gasteiger partial charge in [-0.1, -0.05) is 32.9 Å². The maximum Gasteiger partial charge on any atom is 0.326 e. The first-order valence-corrected chi connectivity index (χ1v) is 8.23. The molecule has 25 heavy (non-hydrogen) atoms. The summed E-state index contributed by atoms with van der Waals surface area (Å²) in [7, 11) is 0. The van der Waals surface area contributed by atoms with Crippen LogP contribution in [-0.4, -0.2) is 35.5 Å². The van der Waals surface area contributed by atoms with Crippen molar-refractivity contribution in [2.24, 2.45) is 5.92 Å². The Labute approximate surface area is 146 Å². The van der Waals surface area contributed by atoms with E-state index >= 15 is 0 Å². The van der Waals surface area contributed by atoms with E-state index in [1.165, 1.54) is 12.1 Å². The van der Waals surface area contributed by atoms with Crippen molar-refractivity contribution in [3.8, 4) is 0 Å². The minimum absolute atomic E-state index is 0.118. The van der Waals surface area contributed by atoms with Gasteiger partial charge in [-0.05, 0) is 36.0 Å². The van der Waals surface area contributed by atoms with Gasteiger partial charge in [-0.2, -0.15) is 0 Å². The number of carboxylic acid groups (broad SMARTS) is 1. The predicted molar refractivity (Wildman–Crippen MR) is 91.5 cm³/mol. The number of nitrogens with one attached hydrogen (secondary N) is 2. The summed E-state index contributed by atoms with van der Waals surface area (Å²) in [5.74, 6) is -2.33. The van der Waals surface area contributed by atoms with Gasteiger partial charge in [-0.25, -0.2) is 9.18 Å². The van der Waals surface area contributed by atoms with E-state index in [1.807, 2.05) is 20.8 Å². The van der Waals surface area contributed by atoms with Gasteiger partial charge >= 0.3 is 5.97 Å². The minimum atomic E-state index is -1.10. The number of hydrogen-bond acceptors (Lipinski definition) is 3. The van der Waals surface area contributed by atoms with Crippen LogP contribution >= 0.6 is 0 Å². The molecular formula is C18H25FN2O4. The Morgan fingerprint density at radius 3 is 2.20 bits per heavy atom. The van der Waals surface area contributed by atoms with Gasteiger partial charge in [-0.3, -0.25) is 9.59 Å². The summed E-state index contributed by atoms with van der Waals surface area (Å²) in [5.41, 5.74) is 0.823. The number of carbonyl (C=O) groups is 3. The van der Waals surface area contributed by atoms with E-state index in [2.05, 4.69) is 10.6 Å². The highest BCUT2D eigenvalue weighted by Gasteiger charge is 2.21. The van der Waals surface area contributed by atoms with Crippen LogP contribution in [0.25, 0.3) is 0 Å². The van der Waals surface area contributed by atoms with Gasteiger partial charge in [0.1, 0.15) is 11.9 Å². The Kier molecular flexibility index (Phi) is 8.04. The van der Waals surface area contributed by atoms with Crippen molar-refractivity contribution in [3.63, 3.8) is 0 Å². The van der Waals surface area contributed by atoms with Crippen molar-refractivity contribution < 1.29 is 23.9 Å². The lowest BCUT2D eigenvalue weighted by Crippen LogP contribution is -2.46. The Balaban J connectivity index is 2.43. The van der Waals surface area contributed by atoms with E-state index in [1.54, 1.807) is 12.1 Å². The third kappa shape index (κ3) is 7.78. The molecule has 1 aromatic carbocycles. The topological polar surface area (TPSA) is 95.5 Å². The second kappa shape index (κ2) is 9.76. The SMILES string of the molecule is CC(C)C[C@H](NC(=O)CNC(=O)CC(C)c1ccc(F)cc1)C(=O)O. The molecular weight excluding hydrogens is 327 g/mol. The molecule has 0 bridgehead atoms. The van der Waals surface area contributed by atoms with E-state index < -0.39 is 17.9 Å². The Morgan fingerprint density at radius 1 is 1.08 bits per heavy atom. The van der Waals surface area contributed by atoms with E-state index in [9.17, 15) is 18.8 Å². The smallest absolute Gasteiger partial charge is 0.326 e. The van der Waals surface area contributed by atoms with Crippen LogP contribution in [0.15, 0.2) is 24.3 Å². The first-order chi connectivity index (χ1) is 11.7. The molecule has 138 valence electrons. The van der Waals surface area contributed by atoms with Crippen LogP contribution in [0.3, 0.4) is 0 Å². The van der Waals surface area contributed by atoms with E-state index in [0.717, 1.165) is 5.56 Å². The fraction of sp³-hybridized carbons (Fsp3) is 0.500. The second-order valence-electron chi connectivity index (χ2n) is 6.52. The molecule has 0 saturated carbocycles. The summed E-state index contributed by atoms with van der Waals surface area (Å²) in [6.07, 6.45) is 0.462. The van der Waals surface area contributed by atoms with E-state index in [0.29, 0.717) is 6.42 Å². The van der Waals surface area contributed by atoms with Crippen molar-refractivity contribution >= 4 is 17.8 Å². The summed E-state index contributed by atoms with van der Waals surface area (Å²) in [6.45, 7) is 5.27. The highest BCUT2D eigenvalue weighted by atomic mass is 19.1. The molecule has 0 radical (unpaired) electrons. The first-order valence-electron chi connectivity index (χ1n) is 8.23. The molecule has 0 saturated heterocycles. The summed E-state index contributed by atoms with van der Waals surface area (Å²) in [4.78, 5) is 34.8. The third-order valence-electron chi connectivity index (χ3n) is 3.72. The van der Waals surface area contributed by atoms with Crippen molar-refractivity contribution in [2.75, 3.05) is 6.54 Å². The summed E-state index contributed by atoms with van der Waals surface area (Å²) in [5, 5.41) is 14.0. The lowest BCUT2D eigenvalue weighted by molar-refractivity contribution is -0.142. The van der Waals surface area contributed by atoms with Crippen LogP contribution in [0.4, 0.5) is 4.39 Å². The molecule has 0 spiro atoms. The van der Waals surface area contributed by atoms with Crippen LogP contribution in [0.1, 0.15) is 45.1 Å². The average Bonchev–Trinajstić information content (AvgIpc) is 2.52. The number of aliphatic carboxylic acids is 1. The van der Waals surface area contributed by atoms with Crippen LogP contribution < -0.4 is 10.6 Å². The lowest BCUT2D eigenvalue weighted by Gasteiger charge is -2.17.